The molecule has 0 fully saturated rings. The molecule has 1 heterocycles. The number of hydrogen-bond acceptors (Lipinski definition) is 4. The maximum absolute atomic E-state index is 12.1. The highest BCUT2D eigenvalue weighted by Gasteiger charge is 2.26. The van der Waals surface area contributed by atoms with Crippen LogP contribution in [-0.2, 0) is 27.3 Å². The summed E-state index contributed by atoms with van der Waals surface area (Å²) in [5.74, 6) is -0.861. The monoisotopic (exact) mass is 409 g/mol. The van der Waals surface area contributed by atoms with Gasteiger partial charge in [-0.15, -0.1) is 0 Å². The van der Waals surface area contributed by atoms with Crippen molar-refractivity contribution in [3.8, 4) is 0 Å². The molecule has 2 aromatic carbocycles. The summed E-state index contributed by atoms with van der Waals surface area (Å²) >= 11 is 0. The van der Waals surface area contributed by atoms with Crippen LogP contribution in [0.4, 0.5) is 17.1 Å². The van der Waals surface area contributed by atoms with E-state index in [2.05, 4.69) is 5.32 Å². The number of anilines is 3. The molecule has 0 aromatic heterocycles. The van der Waals surface area contributed by atoms with Crippen molar-refractivity contribution in [2.24, 2.45) is 0 Å². The van der Waals surface area contributed by atoms with Crippen molar-refractivity contribution >= 4 is 35.3 Å². The molecule has 1 unspecified atom stereocenters. The minimum atomic E-state index is -0.931. The summed E-state index contributed by atoms with van der Waals surface area (Å²) in [6, 6.07) is 12.8. The van der Waals surface area contributed by atoms with Gasteiger partial charge in [-0.2, -0.15) is 0 Å². The molecule has 2 N–H and O–H groups in total. The van der Waals surface area contributed by atoms with Crippen LogP contribution in [0.3, 0.4) is 0 Å². The zero-order chi connectivity index (χ0) is 21.7. The number of hydrogen-bond donors (Lipinski definition) is 2. The van der Waals surface area contributed by atoms with Crippen LogP contribution in [0.5, 0.6) is 0 Å². The van der Waals surface area contributed by atoms with Gasteiger partial charge in [-0.25, -0.2) is 0 Å². The summed E-state index contributed by atoms with van der Waals surface area (Å²) in [5.41, 5.74) is 4.34. The lowest BCUT2D eigenvalue weighted by Crippen LogP contribution is -2.36. The van der Waals surface area contributed by atoms with Gasteiger partial charge in [0.1, 0.15) is 0 Å². The number of nitrogens with one attached hydrogen (secondary N) is 1. The Bertz CT molecular complexity index is 944. The quantitative estimate of drug-likeness (QED) is 0.587. The van der Waals surface area contributed by atoms with Crippen molar-refractivity contribution in [3.05, 3.63) is 53.6 Å². The second-order valence-electron chi connectivity index (χ2n) is 7.47. The molecule has 3 rings (SSSR count). The van der Waals surface area contributed by atoms with Crippen LogP contribution in [-0.4, -0.2) is 36.5 Å². The summed E-state index contributed by atoms with van der Waals surface area (Å²) < 4.78 is 0. The predicted octanol–water partition coefficient (Wildman–Crippen LogP) is 3.42. The zero-order valence-corrected chi connectivity index (χ0v) is 17.3. The molecule has 2 aromatic rings. The summed E-state index contributed by atoms with van der Waals surface area (Å²) in [5, 5.41) is 12.6. The van der Waals surface area contributed by atoms with Crippen LogP contribution in [0.2, 0.25) is 0 Å². The number of carboxylic acids is 1. The highest BCUT2D eigenvalue weighted by molar-refractivity contribution is 6.01. The lowest BCUT2D eigenvalue weighted by Gasteiger charge is -2.29. The lowest BCUT2D eigenvalue weighted by atomic mass is 10.0. The van der Waals surface area contributed by atoms with Gasteiger partial charge in [-0.3, -0.25) is 14.4 Å². The molecule has 0 saturated carbocycles. The molecule has 0 aliphatic carbocycles. The molecule has 30 heavy (non-hydrogen) atoms. The molecule has 0 spiro atoms. The number of carbonyl (C=O) groups is 3. The first-order valence-corrected chi connectivity index (χ1v) is 10.1. The molecule has 0 bridgehead atoms. The van der Waals surface area contributed by atoms with Crippen LogP contribution < -0.4 is 15.1 Å². The van der Waals surface area contributed by atoms with Gasteiger partial charge in [-0.05, 0) is 35.7 Å². The first-order chi connectivity index (χ1) is 14.5. The molecule has 158 valence electrons. The van der Waals surface area contributed by atoms with Gasteiger partial charge in [0.25, 0.3) is 0 Å². The van der Waals surface area contributed by atoms with Gasteiger partial charge < -0.3 is 20.2 Å². The summed E-state index contributed by atoms with van der Waals surface area (Å²) in [4.78, 5) is 38.5. The first-order valence-electron chi connectivity index (χ1n) is 10.1. The van der Waals surface area contributed by atoms with Crippen molar-refractivity contribution in [3.63, 3.8) is 0 Å². The van der Waals surface area contributed by atoms with Crippen LogP contribution >= 0.6 is 0 Å². The number of aliphatic carboxylic acids is 1. The molecule has 0 saturated heterocycles. The molecule has 1 aliphatic heterocycles. The van der Waals surface area contributed by atoms with E-state index in [4.69, 9.17) is 0 Å². The van der Waals surface area contributed by atoms with Gasteiger partial charge >= 0.3 is 5.97 Å². The number of fused-ring (bicyclic) bond motifs is 1. The van der Waals surface area contributed by atoms with E-state index in [1.54, 1.807) is 11.9 Å². The fourth-order valence-electron chi connectivity index (χ4n) is 3.96. The Hall–Kier alpha value is -3.35. The fourth-order valence-corrected chi connectivity index (χ4v) is 3.96. The van der Waals surface area contributed by atoms with Crippen molar-refractivity contribution in [1.29, 1.82) is 0 Å². The largest absolute Gasteiger partial charge is 0.481 e. The Morgan fingerprint density at radius 2 is 2.03 bits per heavy atom. The number of amides is 2. The number of nitrogens with zero attached hydrogens (tertiary/aromatic N) is 2. The molecule has 7 heteroatoms. The molecular weight excluding hydrogens is 382 g/mol. The average Bonchev–Trinajstić information content (AvgIpc) is 3.02. The Balaban J connectivity index is 1.85. The fraction of sp³-hybridized carbons (Fsp3) is 0.348. The highest BCUT2D eigenvalue weighted by atomic mass is 16.4. The van der Waals surface area contributed by atoms with Gasteiger partial charge in [-0.1, -0.05) is 37.6 Å². The van der Waals surface area contributed by atoms with E-state index in [9.17, 15) is 19.5 Å². The van der Waals surface area contributed by atoms with E-state index < -0.39 is 12.0 Å². The lowest BCUT2D eigenvalue weighted by molar-refractivity contribution is -0.137. The maximum Gasteiger partial charge on any atom is 0.305 e. The third-order valence-corrected chi connectivity index (χ3v) is 5.50. The molecular formula is C23H27N3O4. The first kappa shape index (κ1) is 21.4. The third-order valence-electron chi connectivity index (χ3n) is 5.50. The number of para-hydroxylation sites is 2. The van der Waals surface area contributed by atoms with Crippen LogP contribution in [0.15, 0.2) is 42.5 Å². The van der Waals surface area contributed by atoms with E-state index in [1.807, 2.05) is 49.4 Å². The van der Waals surface area contributed by atoms with E-state index in [0.29, 0.717) is 31.5 Å². The summed E-state index contributed by atoms with van der Waals surface area (Å²) in [7, 11) is 1.78. The second-order valence-corrected chi connectivity index (χ2v) is 7.47. The SMILES string of the molecule is CCCC(CC(=O)O)N(C=O)c1ccccc1NCc1cccc2c1CC(=O)N2C. The Labute approximate surface area is 176 Å². The van der Waals surface area contributed by atoms with E-state index in [-0.39, 0.29) is 12.3 Å². The molecule has 7 nitrogen and oxygen atoms in total. The normalized spacial score (nSPS) is 13.7. The van der Waals surface area contributed by atoms with E-state index in [0.717, 1.165) is 28.9 Å². The van der Waals surface area contributed by atoms with Crippen LogP contribution in [0, 0.1) is 0 Å². The smallest absolute Gasteiger partial charge is 0.305 e. The van der Waals surface area contributed by atoms with Crippen molar-refractivity contribution in [1.82, 2.24) is 0 Å². The van der Waals surface area contributed by atoms with Crippen molar-refractivity contribution < 1.29 is 19.5 Å². The Morgan fingerprint density at radius 1 is 1.27 bits per heavy atom. The Kier molecular flexibility index (Phi) is 6.72. The van der Waals surface area contributed by atoms with E-state index in [1.165, 1.54) is 4.90 Å². The minimum Gasteiger partial charge on any atom is -0.481 e. The second kappa shape index (κ2) is 9.43. The van der Waals surface area contributed by atoms with Crippen molar-refractivity contribution in [2.75, 3.05) is 22.2 Å². The van der Waals surface area contributed by atoms with Crippen LogP contribution in [0.1, 0.15) is 37.3 Å². The van der Waals surface area contributed by atoms with Gasteiger partial charge in [0, 0.05) is 25.3 Å². The molecule has 1 atom stereocenters. The zero-order valence-electron chi connectivity index (χ0n) is 17.3. The third kappa shape index (κ3) is 4.45. The van der Waals surface area contributed by atoms with Crippen LogP contribution in [0.25, 0.3) is 0 Å². The van der Waals surface area contributed by atoms with Gasteiger partial charge in [0.2, 0.25) is 12.3 Å². The molecule has 2 amide bonds. The Morgan fingerprint density at radius 3 is 2.73 bits per heavy atom. The average molecular weight is 409 g/mol. The summed E-state index contributed by atoms with van der Waals surface area (Å²) in [6.07, 6.45) is 2.34. The van der Waals surface area contributed by atoms with Gasteiger partial charge in [0.15, 0.2) is 0 Å². The number of benzene rings is 2. The predicted molar refractivity (Wildman–Crippen MR) is 117 cm³/mol. The minimum absolute atomic E-state index is 0.0704. The molecule has 1 aliphatic rings. The number of likely N-dealkylation sites (N-methyl/N-ethyl adjacent to an activating group) is 1. The van der Waals surface area contributed by atoms with Crippen molar-refractivity contribution in [2.45, 2.75) is 45.2 Å². The summed E-state index contributed by atoms with van der Waals surface area (Å²) in [6.45, 7) is 2.46. The highest BCUT2D eigenvalue weighted by Crippen LogP contribution is 2.32. The number of carbonyl (C=O) groups excluding carboxylic acids is 2. The maximum atomic E-state index is 12.1. The molecule has 0 radical (unpaired) electrons. The number of carboxylic acid groups (broad SMARTS) is 1. The topological polar surface area (TPSA) is 90.0 Å². The van der Waals surface area contributed by atoms with Gasteiger partial charge in [0.05, 0.1) is 24.2 Å². The van der Waals surface area contributed by atoms with E-state index >= 15 is 0 Å². The number of rotatable bonds is 10. The standard InChI is InChI=1S/C23H27N3O4/c1-3-7-17(12-23(29)30)26(15-27)21-10-5-4-9-19(21)24-14-16-8-6-11-20-18(16)13-22(28)25(20)2/h4-6,8-11,15,17,24H,3,7,12-14H2,1-2H3,(H,29,30).